The van der Waals surface area contributed by atoms with E-state index in [9.17, 15) is 19.7 Å². The van der Waals surface area contributed by atoms with E-state index < -0.39 is 23.2 Å². The first-order valence-electron chi connectivity index (χ1n) is 6.33. The van der Waals surface area contributed by atoms with Crippen molar-refractivity contribution in [3.05, 3.63) is 28.4 Å². The van der Waals surface area contributed by atoms with Crippen LogP contribution in [0.4, 0.5) is 11.5 Å². The summed E-state index contributed by atoms with van der Waals surface area (Å²) in [5.74, 6) is -1.34. The third-order valence-electron chi connectivity index (χ3n) is 3.20. The highest BCUT2D eigenvalue weighted by atomic mass is 16.6. The average Bonchev–Trinajstić information content (AvgIpc) is 2.46. The topological polar surface area (TPSA) is 117 Å². The van der Waals surface area contributed by atoms with Crippen LogP contribution in [0.5, 0.6) is 0 Å². The molecule has 0 radical (unpaired) electrons. The number of amides is 1. The van der Waals surface area contributed by atoms with E-state index in [1.807, 2.05) is 0 Å². The van der Waals surface area contributed by atoms with Crippen molar-refractivity contribution < 1.29 is 19.6 Å². The second-order valence-electron chi connectivity index (χ2n) is 4.54. The van der Waals surface area contributed by atoms with Crippen molar-refractivity contribution in [3.8, 4) is 0 Å². The first kappa shape index (κ1) is 14.7. The van der Waals surface area contributed by atoms with Crippen molar-refractivity contribution in [2.75, 3.05) is 31.1 Å². The van der Waals surface area contributed by atoms with Gasteiger partial charge in [0.2, 0.25) is 11.7 Å². The summed E-state index contributed by atoms with van der Waals surface area (Å²) in [5.41, 5.74) is -0.0807. The van der Waals surface area contributed by atoms with Crippen LogP contribution in [0.1, 0.15) is 6.42 Å². The minimum Gasteiger partial charge on any atom is -0.481 e. The van der Waals surface area contributed by atoms with Crippen LogP contribution in [0.15, 0.2) is 18.3 Å². The monoisotopic (exact) mass is 294 g/mol. The van der Waals surface area contributed by atoms with Crippen LogP contribution in [0.3, 0.4) is 0 Å². The van der Waals surface area contributed by atoms with E-state index in [1.165, 1.54) is 23.2 Å². The van der Waals surface area contributed by atoms with E-state index in [-0.39, 0.29) is 11.5 Å². The summed E-state index contributed by atoms with van der Waals surface area (Å²) < 4.78 is 0. The molecule has 9 heteroatoms. The van der Waals surface area contributed by atoms with E-state index in [0.29, 0.717) is 26.2 Å². The van der Waals surface area contributed by atoms with Crippen molar-refractivity contribution in [1.29, 1.82) is 0 Å². The first-order valence-corrected chi connectivity index (χ1v) is 6.33. The molecule has 1 aromatic rings. The number of hydrogen-bond donors (Lipinski definition) is 1. The fourth-order valence-corrected chi connectivity index (χ4v) is 2.18. The van der Waals surface area contributed by atoms with Crippen LogP contribution in [-0.4, -0.2) is 58.0 Å². The zero-order chi connectivity index (χ0) is 15.4. The number of carbonyl (C=O) groups is 2. The SMILES string of the molecule is O=C(O)CC(=O)N1CCN(c2ncccc2[N+](=O)[O-])CC1. The molecule has 1 aliphatic heterocycles. The Balaban J connectivity index is 2.03. The van der Waals surface area contributed by atoms with Gasteiger partial charge in [0.05, 0.1) is 4.92 Å². The Bertz CT molecular complexity index is 569. The second-order valence-corrected chi connectivity index (χ2v) is 4.54. The highest BCUT2D eigenvalue weighted by Gasteiger charge is 2.27. The molecule has 1 saturated heterocycles. The lowest BCUT2D eigenvalue weighted by Gasteiger charge is -2.34. The number of nitrogens with zero attached hydrogens (tertiary/aromatic N) is 4. The van der Waals surface area contributed by atoms with Gasteiger partial charge in [0.25, 0.3) is 0 Å². The molecule has 9 nitrogen and oxygen atoms in total. The Morgan fingerprint density at radius 3 is 2.57 bits per heavy atom. The number of carboxylic acid groups (broad SMARTS) is 1. The van der Waals surface area contributed by atoms with Crippen molar-refractivity contribution in [2.45, 2.75) is 6.42 Å². The van der Waals surface area contributed by atoms with Crippen molar-refractivity contribution in [2.24, 2.45) is 0 Å². The fraction of sp³-hybridized carbons (Fsp3) is 0.417. The van der Waals surface area contributed by atoms with Crippen molar-refractivity contribution >= 4 is 23.4 Å². The fourth-order valence-electron chi connectivity index (χ4n) is 2.18. The van der Waals surface area contributed by atoms with E-state index in [2.05, 4.69) is 4.98 Å². The lowest BCUT2D eigenvalue weighted by atomic mass is 10.2. The van der Waals surface area contributed by atoms with Crippen LogP contribution in [0.2, 0.25) is 0 Å². The number of aromatic nitrogens is 1. The normalized spacial score (nSPS) is 14.9. The van der Waals surface area contributed by atoms with E-state index in [1.54, 1.807) is 4.90 Å². The molecule has 1 amide bonds. The number of rotatable bonds is 4. The first-order chi connectivity index (χ1) is 9.99. The van der Waals surface area contributed by atoms with Gasteiger partial charge in [0, 0.05) is 38.4 Å². The molecule has 2 heterocycles. The standard InChI is InChI=1S/C12H14N4O5/c17-10(8-11(18)19)14-4-6-15(7-5-14)12-9(16(20)21)2-1-3-13-12/h1-3H,4-8H2,(H,18,19). The largest absolute Gasteiger partial charge is 0.481 e. The van der Waals surface area contributed by atoms with Crippen molar-refractivity contribution in [3.63, 3.8) is 0 Å². The summed E-state index contributed by atoms with van der Waals surface area (Å²) in [4.78, 5) is 39.8. The molecule has 1 fully saturated rings. The molecule has 21 heavy (non-hydrogen) atoms. The molecule has 112 valence electrons. The summed E-state index contributed by atoms with van der Waals surface area (Å²) in [5, 5.41) is 19.6. The van der Waals surface area contributed by atoms with Gasteiger partial charge in [0.15, 0.2) is 0 Å². The number of pyridine rings is 1. The molecular formula is C12H14N4O5. The van der Waals surface area contributed by atoms with E-state index in [0.717, 1.165) is 0 Å². The minimum atomic E-state index is -1.16. The quantitative estimate of drug-likeness (QED) is 0.476. The summed E-state index contributed by atoms with van der Waals surface area (Å²) >= 11 is 0. The third kappa shape index (κ3) is 3.44. The zero-order valence-corrected chi connectivity index (χ0v) is 11.1. The molecule has 1 aliphatic rings. The summed E-state index contributed by atoms with van der Waals surface area (Å²) in [7, 11) is 0. The molecular weight excluding hydrogens is 280 g/mol. The molecule has 0 saturated carbocycles. The van der Waals surface area contributed by atoms with Gasteiger partial charge in [-0.2, -0.15) is 0 Å². The van der Waals surface area contributed by atoms with E-state index in [4.69, 9.17) is 5.11 Å². The number of nitro groups is 1. The number of anilines is 1. The lowest BCUT2D eigenvalue weighted by molar-refractivity contribution is -0.384. The number of aliphatic carboxylic acids is 1. The smallest absolute Gasteiger partial charge is 0.312 e. The molecule has 1 N–H and O–H groups in total. The molecule has 0 atom stereocenters. The number of piperazine rings is 1. The molecule has 2 rings (SSSR count). The number of carboxylic acids is 1. The maximum atomic E-state index is 11.6. The zero-order valence-electron chi connectivity index (χ0n) is 11.1. The molecule has 0 bridgehead atoms. The van der Waals surface area contributed by atoms with Gasteiger partial charge in [0.1, 0.15) is 6.42 Å². The maximum absolute atomic E-state index is 11.6. The highest BCUT2D eigenvalue weighted by molar-refractivity contribution is 5.93. The van der Waals surface area contributed by atoms with Crippen LogP contribution in [-0.2, 0) is 9.59 Å². The Hall–Kier alpha value is -2.71. The third-order valence-corrected chi connectivity index (χ3v) is 3.20. The van der Waals surface area contributed by atoms with Gasteiger partial charge >= 0.3 is 11.7 Å². The Morgan fingerprint density at radius 2 is 2.00 bits per heavy atom. The minimum absolute atomic E-state index is 0.0807. The summed E-state index contributed by atoms with van der Waals surface area (Å²) in [6, 6.07) is 2.87. The predicted octanol–water partition coefficient (Wildman–Crippen LogP) is 0.113. The Kier molecular flexibility index (Phi) is 4.31. The Morgan fingerprint density at radius 1 is 1.33 bits per heavy atom. The van der Waals surface area contributed by atoms with Gasteiger partial charge in [-0.1, -0.05) is 0 Å². The molecule has 0 unspecified atom stereocenters. The van der Waals surface area contributed by atoms with Gasteiger partial charge < -0.3 is 14.9 Å². The van der Waals surface area contributed by atoms with Gasteiger partial charge in [-0.3, -0.25) is 19.7 Å². The molecule has 0 aromatic carbocycles. The van der Waals surface area contributed by atoms with Gasteiger partial charge in [-0.05, 0) is 6.07 Å². The predicted molar refractivity (Wildman–Crippen MR) is 71.9 cm³/mol. The van der Waals surface area contributed by atoms with Crippen LogP contribution in [0, 0.1) is 10.1 Å². The van der Waals surface area contributed by atoms with Crippen molar-refractivity contribution in [1.82, 2.24) is 9.88 Å². The van der Waals surface area contributed by atoms with Crippen LogP contribution >= 0.6 is 0 Å². The summed E-state index contributed by atoms with van der Waals surface area (Å²) in [6.07, 6.45) is 0.939. The summed E-state index contributed by atoms with van der Waals surface area (Å²) in [6.45, 7) is 1.39. The van der Waals surface area contributed by atoms with Gasteiger partial charge in [-0.15, -0.1) is 0 Å². The molecule has 1 aromatic heterocycles. The van der Waals surface area contributed by atoms with Gasteiger partial charge in [-0.25, -0.2) is 4.98 Å². The van der Waals surface area contributed by atoms with Crippen LogP contribution in [0.25, 0.3) is 0 Å². The highest BCUT2D eigenvalue weighted by Crippen LogP contribution is 2.25. The van der Waals surface area contributed by atoms with Crippen LogP contribution < -0.4 is 4.90 Å². The second kappa shape index (κ2) is 6.16. The number of hydrogen-bond acceptors (Lipinski definition) is 6. The lowest BCUT2D eigenvalue weighted by Crippen LogP contribution is -2.49. The average molecular weight is 294 g/mol. The maximum Gasteiger partial charge on any atom is 0.312 e. The molecule has 0 aliphatic carbocycles. The number of carbonyl (C=O) groups excluding carboxylic acids is 1. The molecule has 0 spiro atoms. The Labute approximate surface area is 119 Å². The van der Waals surface area contributed by atoms with E-state index >= 15 is 0 Å².